The summed E-state index contributed by atoms with van der Waals surface area (Å²) in [4.78, 5) is 32.2. The number of carbonyl (C=O) groups excluding carboxylic acids is 2. The first-order valence-corrected chi connectivity index (χ1v) is 12.1. The van der Waals surface area contributed by atoms with Crippen molar-refractivity contribution in [1.29, 1.82) is 0 Å². The maximum atomic E-state index is 13.1. The molecule has 0 unspecified atom stereocenters. The molecular weight excluding hydrogens is 448 g/mol. The average molecular weight is 479 g/mol. The summed E-state index contributed by atoms with van der Waals surface area (Å²) in [6.07, 6.45) is 4.26. The molecule has 1 aliphatic rings. The minimum Gasteiger partial charge on any atom is -0.330 e. The van der Waals surface area contributed by atoms with Gasteiger partial charge in [-0.3, -0.25) is 19.5 Å². The Balaban J connectivity index is 1.62. The van der Waals surface area contributed by atoms with E-state index in [1.165, 1.54) is 5.56 Å². The van der Waals surface area contributed by atoms with Gasteiger partial charge in [-0.05, 0) is 68.0 Å². The van der Waals surface area contributed by atoms with Crippen LogP contribution in [0.1, 0.15) is 44.2 Å². The topological polar surface area (TPSA) is 67.2 Å². The van der Waals surface area contributed by atoms with E-state index in [4.69, 9.17) is 16.6 Å². The van der Waals surface area contributed by atoms with Gasteiger partial charge >= 0.3 is 0 Å². The monoisotopic (exact) mass is 478 g/mol. The summed E-state index contributed by atoms with van der Waals surface area (Å²) >= 11 is 6.05. The predicted octanol–water partition coefficient (Wildman–Crippen LogP) is 5.79. The number of nitrogens with one attached hydrogen (secondary N) is 1. The molecule has 2 aromatic carbocycles. The van der Waals surface area contributed by atoms with Gasteiger partial charge in [0.1, 0.15) is 6.54 Å². The highest BCUT2D eigenvalue weighted by molar-refractivity contribution is 6.30. The quantitative estimate of drug-likeness (QED) is 0.446. The third kappa shape index (κ3) is 5.68. The number of benzene rings is 2. The van der Waals surface area contributed by atoms with Gasteiger partial charge in [0.05, 0.1) is 5.69 Å². The molecule has 2 amide bonds. The van der Waals surface area contributed by atoms with Crippen LogP contribution in [0, 0.1) is 19.8 Å². The smallest absolute Gasteiger partial charge is 0.246 e. The number of carbonyl (C=O) groups is 2. The van der Waals surface area contributed by atoms with E-state index in [9.17, 15) is 9.59 Å². The molecule has 0 bridgehead atoms. The molecule has 1 N–H and O–H groups in total. The van der Waals surface area contributed by atoms with Crippen molar-refractivity contribution in [2.45, 2.75) is 53.0 Å². The van der Waals surface area contributed by atoms with E-state index >= 15 is 0 Å². The molecule has 1 aliphatic carbocycles. The number of nitrogens with zero attached hydrogens (tertiary/aromatic N) is 3. The van der Waals surface area contributed by atoms with Gasteiger partial charge in [0.2, 0.25) is 17.8 Å². The number of aromatic nitrogens is 2. The summed E-state index contributed by atoms with van der Waals surface area (Å²) in [7, 11) is 0. The molecule has 0 saturated heterocycles. The van der Waals surface area contributed by atoms with Crippen molar-refractivity contribution < 1.29 is 9.59 Å². The Morgan fingerprint density at radius 3 is 2.44 bits per heavy atom. The first kappa shape index (κ1) is 24.0. The third-order valence-electron chi connectivity index (χ3n) is 6.07. The fourth-order valence-corrected chi connectivity index (χ4v) is 4.02. The van der Waals surface area contributed by atoms with Gasteiger partial charge in [-0.15, -0.1) is 0 Å². The van der Waals surface area contributed by atoms with E-state index in [2.05, 4.69) is 31.3 Å². The Bertz CT molecular complexity index is 1200. The average Bonchev–Trinajstić information content (AvgIpc) is 3.54. The van der Waals surface area contributed by atoms with E-state index in [1.807, 2.05) is 54.9 Å². The Labute approximate surface area is 205 Å². The molecule has 1 fully saturated rings. The van der Waals surface area contributed by atoms with E-state index < -0.39 is 0 Å². The van der Waals surface area contributed by atoms with Crippen LogP contribution in [0.25, 0.3) is 16.9 Å². The van der Waals surface area contributed by atoms with E-state index in [1.54, 1.807) is 4.90 Å². The molecule has 6 nitrogen and oxygen atoms in total. The van der Waals surface area contributed by atoms with Crippen LogP contribution >= 0.6 is 11.6 Å². The summed E-state index contributed by atoms with van der Waals surface area (Å²) in [5.74, 6) is 0.460. The number of hydrogen-bond donors (Lipinski definition) is 1. The second-order valence-corrected chi connectivity index (χ2v) is 9.93. The van der Waals surface area contributed by atoms with Crippen LogP contribution in [0.3, 0.4) is 0 Å². The van der Waals surface area contributed by atoms with Crippen molar-refractivity contribution in [3.63, 3.8) is 0 Å². The first-order chi connectivity index (χ1) is 16.2. The minimum atomic E-state index is -0.248. The normalized spacial score (nSPS) is 13.2. The lowest BCUT2D eigenvalue weighted by Gasteiger charge is -2.22. The maximum Gasteiger partial charge on any atom is 0.246 e. The SMILES string of the molecule is Cc1ccc(-n2cc(-c3ccc(Cl)cc3)nc2NC(=O)CN(C(=O)CC(C)C)C2CC2)cc1C. The molecule has 3 aromatic rings. The molecule has 178 valence electrons. The van der Waals surface area contributed by atoms with Crippen LogP contribution in [-0.2, 0) is 9.59 Å². The molecule has 4 rings (SSSR count). The zero-order valence-electron chi connectivity index (χ0n) is 20.1. The van der Waals surface area contributed by atoms with Crippen molar-refractivity contribution in [2.75, 3.05) is 11.9 Å². The third-order valence-corrected chi connectivity index (χ3v) is 6.32. The van der Waals surface area contributed by atoms with E-state index in [-0.39, 0.29) is 30.3 Å². The summed E-state index contributed by atoms with van der Waals surface area (Å²) in [6, 6.07) is 13.7. The highest BCUT2D eigenvalue weighted by Gasteiger charge is 2.34. The Morgan fingerprint density at radius 2 is 1.82 bits per heavy atom. The van der Waals surface area contributed by atoms with E-state index in [0.717, 1.165) is 35.3 Å². The highest BCUT2D eigenvalue weighted by atomic mass is 35.5. The standard InChI is InChI=1S/C27H31ClN4O2/c1-17(2)13-26(34)31(22-11-12-22)16-25(33)30-27-29-24(20-6-8-21(28)9-7-20)15-32(27)23-10-5-18(3)19(4)14-23/h5-10,14-15,17,22H,11-13,16H2,1-4H3,(H,29,30,33). The zero-order valence-corrected chi connectivity index (χ0v) is 20.9. The van der Waals surface area contributed by atoms with Gasteiger partial charge in [-0.1, -0.05) is 43.6 Å². The fraction of sp³-hybridized carbons (Fsp3) is 0.370. The lowest BCUT2D eigenvalue weighted by atomic mass is 10.1. The van der Waals surface area contributed by atoms with Crippen molar-refractivity contribution in [1.82, 2.24) is 14.5 Å². The molecule has 0 radical (unpaired) electrons. The van der Waals surface area contributed by atoms with Crippen LogP contribution in [0.5, 0.6) is 0 Å². The number of amides is 2. The van der Waals surface area contributed by atoms with Crippen molar-refractivity contribution in [3.8, 4) is 16.9 Å². The number of hydrogen-bond acceptors (Lipinski definition) is 3. The molecule has 1 heterocycles. The minimum absolute atomic E-state index is 0.0340. The molecule has 1 aromatic heterocycles. The van der Waals surface area contributed by atoms with Crippen molar-refractivity contribution >= 4 is 29.4 Å². The molecule has 0 atom stereocenters. The Morgan fingerprint density at radius 1 is 1.12 bits per heavy atom. The van der Waals surface area contributed by atoms with Crippen molar-refractivity contribution in [3.05, 3.63) is 64.8 Å². The highest BCUT2D eigenvalue weighted by Crippen LogP contribution is 2.29. The lowest BCUT2D eigenvalue weighted by Crippen LogP contribution is -2.40. The molecular formula is C27H31ClN4O2. The van der Waals surface area contributed by atoms with E-state index in [0.29, 0.717) is 17.4 Å². The van der Waals surface area contributed by atoms with Crippen molar-refractivity contribution in [2.24, 2.45) is 5.92 Å². The van der Waals surface area contributed by atoms with Gasteiger partial charge in [-0.25, -0.2) is 4.98 Å². The van der Waals surface area contributed by atoms with Crippen LogP contribution < -0.4 is 5.32 Å². The summed E-state index contributed by atoms with van der Waals surface area (Å²) in [6.45, 7) is 8.19. The van der Waals surface area contributed by atoms with Gasteiger partial charge in [-0.2, -0.15) is 0 Å². The van der Waals surface area contributed by atoms with Gasteiger partial charge in [0, 0.05) is 34.9 Å². The molecule has 7 heteroatoms. The Hall–Kier alpha value is -3.12. The van der Waals surface area contributed by atoms with Gasteiger partial charge in [0.15, 0.2) is 0 Å². The first-order valence-electron chi connectivity index (χ1n) is 11.7. The Kier molecular flexibility index (Phi) is 7.08. The lowest BCUT2D eigenvalue weighted by molar-refractivity contribution is -0.135. The fourth-order valence-electron chi connectivity index (χ4n) is 3.89. The zero-order chi connectivity index (χ0) is 24.4. The van der Waals surface area contributed by atoms with Crippen LogP contribution in [0.15, 0.2) is 48.7 Å². The van der Waals surface area contributed by atoms with Crippen LogP contribution in [-0.4, -0.2) is 38.9 Å². The summed E-state index contributed by atoms with van der Waals surface area (Å²) in [5, 5.41) is 3.61. The molecule has 0 spiro atoms. The second-order valence-electron chi connectivity index (χ2n) is 9.49. The van der Waals surface area contributed by atoms with Gasteiger partial charge in [0.25, 0.3) is 0 Å². The largest absolute Gasteiger partial charge is 0.330 e. The number of halogens is 1. The molecule has 34 heavy (non-hydrogen) atoms. The molecule has 1 saturated carbocycles. The predicted molar refractivity (Wildman–Crippen MR) is 136 cm³/mol. The number of rotatable bonds is 8. The summed E-state index contributed by atoms with van der Waals surface area (Å²) < 4.78 is 1.88. The number of imidazole rings is 1. The van der Waals surface area contributed by atoms with Gasteiger partial charge < -0.3 is 4.90 Å². The maximum absolute atomic E-state index is 13.1. The number of anilines is 1. The molecule has 0 aliphatic heterocycles. The summed E-state index contributed by atoms with van der Waals surface area (Å²) in [5.41, 5.74) is 4.86. The van der Waals surface area contributed by atoms with Crippen LogP contribution in [0.2, 0.25) is 5.02 Å². The van der Waals surface area contributed by atoms with Crippen LogP contribution in [0.4, 0.5) is 5.95 Å². The number of aryl methyl sites for hydroxylation is 2. The second kappa shape index (κ2) is 10.0.